The Hall–Kier alpha value is -3.68. The molecule has 16 nitrogen and oxygen atoms in total. The lowest BCUT2D eigenvalue weighted by atomic mass is 9.98. The zero-order chi connectivity index (χ0) is 33.6. The molecule has 4 aromatic rings. The molecule has 2 saturated heterocycles. The van der Waals surface area contributed by atoms with Crippen molar-refractivity contribution in [3.05, 3.63) is 35.6 Å². The molecule has 0 aromatic carbocycles. The molecule has 4 aromatic heterocycles. The van der Waals surface area contributed by atoms with Crippen LogP contribution >= 0.6 is 23.2 Å². The number of fused-ring (bicyclic) bond motifs is 2. The largest absolute Gasteiger partial charge is 0.463 e. The van der Waals surface area contributed by atoms with E-state index in [2.05, 4.69) is 29.9 Å². The molecule has 2 aliphatic heterocycles. The summed E-state index contributed by atoms with van der Waals surface area (Å²) in [7, 11) is 0. The van der Waals surface area contributed by atoms with Crippen LogP contribution in [0.1, 0.15) is 40.2 Å². The highest BCUT2D eigenvalue weighted by atomic mass is 35.5. The van der Waals surface area contributed by atoms with Gasteiger partial charge in [0.25, 0.3) is 0 Å². The number of halogens is 4. The van der Waals surface area contributed by atoms with Crippen molar-refractivity contribution in [3.63, 3.8) is 0 Å². The van der Waals surface area contributed by atoms with Gasteiger partial charge in [-0.2, -0.15) is 0 Å². The summed E-state index contributed by atoms with van der Waals surface area (Å²) >= 11 is 11.9. The molecule has 20 heteroatoms. The third-order valence-corrected chi connectivity index (χ3v) is 8.01. The van der Waals surface area contributed by atoms with E-state index >= 15 is 4.39 Å². The second kappa shape index (κ2) is 12.8. The van der Waals surface area contributed by atoms with E-state index in [0.717, 1.165) is 6.92 Å². The average Bonchev–Trinajstić information content (AvgIpc) is 3.72. The molecule has 0 amide bonds. The van der Waals surface area contributed by atoms with Crippen molar-refractivity contribution in [1.29, 1.82) is 0 Å². The molecule has 2 N–H and O–H groups in total. The number of esters is 2. The van der Waals surface area contributed by atoms with Crippen LogP contribution in [0, 0.1) is 0 Å². The molecule has 8 atom stereocenters. The number of aromatic nitrogens is 8. The van der Waals surface area contributed by atoms with Crippen molar-refractivity contribution in [2.75, 3.05) is 13.2 Å². The van der Waals surface area contributed by atoms with Gasteiger partial charge in [-0.1, -0.05) is 23.2 Å². The molecule has 2 aliphatic rings. The maximum absolute atomic E-state index is 15.6. The molecule has 248 valence electrons. The fourth-order valence-corrected chi connectivity index (χ4v) is 5.61. The van der Waals surface area contributed by atoms with Gasteiger partial charge in [0, 0.05) is 13.8 Å². The molecular weight excluding hydrogens is 661 g/mol. The van der Waals surface area contributed by atoms with Crippen LogP contribution in [-0.4, -0.2) is 110 Å². The van der Waals surface area contributed by atoms with E-state index in [-0.39, 0.29) is 28.1 Å². The SMILES string of the molecule is CC(=O)OC[C@H]1O[C@@H](n2cnc3c(Cl)ncnc32)C(C)(F)[C@H]1OC(C)=O.CC1(F)[C@@H](O)[C@@H](CO)O[C@H]1n1cnc2c(Cl)ncnc21. The predicted molar refractivity (Wildman–Crippen MR) is 153 cm³/mol. The van der Waals surface area contributed by atoms with Gasteiger partial charge < -0.3 is 29.2 Å². The molecule has 0 radical (unpaired) electrons. The highest BCUT2D eigenvalue weighted by Gasteiger charge is 2.58. The standard InChI is InChI=1S/C15H16ClFN4O5.C11H12ClFN4O3/c1-7(22)24-4-9-11(25-8(2)23)15(3,17)14(26-9)21-6-20-10-12(16)18-5-19-13(10)21;1-11(13)7(19)5(2-18)20-10(11)17-4-16-6-8(12)14-3-15-9(6)17/h5-6,9,11,14H,4H2,1-3H3;3-5,7,10,18-19H,2H2,1H3/t9-,11+,14-,15?;5-,7+,10-,11?/m11/s1. The normalized spacial score (nSPS) is 30.7. The summed E-state index contributed by atoms with van der Waals surface area (Å²) in [5.74, 6) is -1.25. The van der Waals surface area contributed by atoms with E-state index < -0.39 is 66.8 Å². The third-order valence-electron chi connectivity index (χ3n) is 7.45. The number of ether oxygens (including phenoxy) is 4. The predicted octanol–water partition coefficient (Wildman–Crippen LogP) is 2.06. The Labute approximate surface area is 268 Å². The molecule has 0 bridgehead atoms. The van der Waals surface area contributed by atoms with Gasteiger partial charge in [0.1, 0.15) is 48.6 Å². The summed E-state index contributed by atoms with van der Waals surface area (Å²) in [5, 5.41) is 19.2. The van der Waals surface area contributed by atoms with Crippen LogP contribution in [-0.2, 0) is 28.5 Å². The number of carbonyl (C=O) groups excluding carboxylic acids is 2. The number of carbonyl (C=O) groups is 2. The fourth-order valence-electron chi connectivity index (χ4n) is 5.26. The first-order valence-electron chi connectivity index (χ1n) is 13.6. The van der Waals surface area contributed by atoms with E-state index in [0.29, 0.717) is 11.2 Å². The third kappa shape index (κ3) is 6.07. The molecule has 0 spiro atoms. The zero-order valence-corrected chi connectivity index (χ0v) is 26.1. The second-order valence-corrected chi connectivity index (χ2v) is 11.5. The molecule has 2 fully saturated rings. The van der Waals surface area contributed by atoms with Crippen LogP contribution in [0.3, 0.4) is 0 Å². The van der Waals surface area contributed by atoms with Gasteiger partial charge in [-0.3, -0.25) is 18.7 Å². The number of aliphatic hydroxyl groups excluding tert-OH is 2. The summed E-state index contributed by atoms with van der Waals surface area (Å²) < 4.78 is 54.1. The van der Waals surface area contributed by atoms with Crippen molar-refractivity contribution < 1.29 is 47.5 Å². The van der Waals surface area contributed by atoms with Crippen molar-refractivity contribution in [2.24, 2.45) is 0 Å². The number of hydrogen-bond acceptors (Lipinski definition) is 14. The quantitative estimate of drug-likeness (QED) is 0.220. The smallest absolute Gasteiger partial charge is 0.303 e. The Bertz CT molecular complexity index is 1760. The maximum atomic E-state index is 15.6. The van der Waals surface area contributed by atoms with E-state index in [9.17, 15) is 19.1 Å². The van der Waals surface area contributed by atoms with Gasteiger partial charge in [0.05, 0.1) is 19.3 Å². The summed E-state index contributed by atoms with van der Waals surface area (Å²) in [4.78, 5) is 46.3. The van der Waals surface area contributed by atoms with Gasteiger partial charge in [-0.15, -0.1) is 0 Å². The number of rotatable bonds is 6. The van der Waals surface area contributed by atoms with Crippen LogP contribution in [0.2, 0.25) is 10.3 Å². The van der Waals surface area contributed by atoms with Gasteiger partial charge in [-0.05, 0) is 13.8 Å². The number of alkyl halides is 2. The van der Waals surface area contributed by atoms with Gasteiger partial charge >= 0.3 is 11.9 Å². The zero-order valence-electron chi connectivity index (χ0n) is 24.6. The molecule has 46 heavy (non-hydrogen) atoms. The Balaban J connectivity index is 0.000000187. The topological polar surface area (TPSA) is 199 Å². The first-order valence-corrected chi connectivity index (χ1v) is 14.4. The van der Waals surface area contributed by atoms with E-state index in [1.807, 2.05) is 0 Å². The van der Waals surface area contributed by atoms with Crippen molar-refractivity contribution >= 4 is 57.5 Å². The van der Waals surface area contributed by atoms with Crippen molar-refractivity contribution in [1.82, 2.24) is 39.0 Å². The monoisotopic (exact) mass is 688 g/mol. The van der Waals surface area contributed by atoms with Gasteiger partial charge in [-0.25, -0.2) is 38.7 Å². The minimum Gasteiger partial charge on any atom is -0.463 e. The maximum Gasteiger partial charge on any atom is 0.303 e. The minimum absolute atomic E-state index is 0.111. The fraction of sp³-hybridized carbons (Fsp3) is 0.538. The van der Waals surface area contributed by atoms with Gasteiger partial charge in [0.2, 0.25) is 0 Å². The highest BCUT2D eigenvalue weighted by Crippen LogP contribution is 2.45. The first-order chi connectivity index (χ1) is 21.7. The van der Waals surface area contributed by atoms with Crippen LogP contribution in [0.15, 0.2) is 25.3 Å². The van der Waals surface area contributed by atoms with Gasteiger partial charge in [0.15, 0.2) is 51.5 Å². The lowest BCUT2D eigenvalue weighted by molar-refractivity contribution is -0.158. The molecular formula is C26H28Cl2F2N8O8. The molecule has 0 saturated carbocycles. The van der Waals surface area contributed by atoms with E-state index in [1.54, 1.807) is 0 Å². The summed E-state index contributed by atoms with van der Waals surface area (Å²) in [6.07, 6.45) is -2.07. The number of imidazole rings is 2. The highest BCUT2D eigenvalue weighted by molar-refractivity contribution is 6.33. The van der Waals surface area contributed by atoms with Crippen molar-refractivity contribution in [3.8, 4) is 0 Å². The molecule has 2 unspecified atom stereocenters. The van der Waals surface area contributed by atoms with Crippen molar-refractivity contribution in [2.45, 2.75) is 75.9 Å². The van der Waals surface area contributed by atoms with E-state index in [4.69, 9.17) is 47.3 Å². The summed E-state index contributed by atoms with van der Waals surface area (Å²) in [5.41, 5.74) is -3.10. The van der Waals surface area contributed by atoms with Crippen LogP contribution < -0.4 is 0 Å². The summed E-state index contributed by atoms with van der Waals surface area (Å²) in [6, 6.07) is 0. The molecule has 6 heterocycles. The lowest BCUT2D eigenvalue weighted by Crippen LogP contribution is -2.44. The summed E-state index contributed by atoms with van der Waals surface area (Å²) in [6.45, 7) is 4.04. The van der Waals surface area contributed by atoms with E-state index in [1.165, 1.54) is 55.2 Å². The Morgan fingerprint density at radius 2 is 1.37 bits per heavy atom. The molecule has 0 aliphatic carbocycles. The number of nitrogens with zero attached hydrogens (tertiary/aromatic N) is 8. The minimum atomic E-state index is -2.15. The average molecular weight is 689 g/mol. The number of hydrogen-bond donors (Lipinski definition) is 2. The molecule has 6 rings (SSSR count). The van der Waals surface area contributed by atoms with Crippen LogP contribution in [0.5, 0.6) is 0 Å². The Morgan fingerprint density at radius 3 is 1.83 bits per heavy atom. The number of aliphatic hydroxyl groups is 2. The Morgan fingerprint density at radius 1 is 0.870 bits per heavy atom. The van der Waals surface area contributed by atoms with Crippen LogP contribution in [0.4, 0.5) is 8.78 Å². The lowest BCUT2D eigenvalue weighted by Gasteiger charge is -2.27. The Kier molecular flexibility index (Phi) is 9.40. The van der Waals surface area contributed by atoms with Crippen LogP contribution in [0.25, 0.3) is 22.3 Å². The second-order valence-electron chi connectivity index (χ2n) is 10.8. The first kappa shape index (κ1) is 33.7.